The third kappa shape index (κ3) is 10.1. The molecule has 4 aromatic rings. The van der Waals surface area contributed by atoms with Gasteiger partial charge in [-0.05, 0) is 22.3 Å². The normalized spacial score (nSPS) is 12.8. The Morgan fingerprint density at radius 3 is 1.36 bits per heavy atom. The maximum absolute atomic E-state index is 13.6. The number of carbonyl (C=O) groups excluding carboxylic acids is 3. The Hall–Kier alpha value is -4.99. The number of carbonyl (C=O) groups is 3. The molecule has 1 N–H and O–H groups in total. The van der Waals surface area contributed by atoms with Crippen molar-refractivity contribution in [2.24, 2.45) is 0 Å². The average molecular weight is 598 g/mol. The zero-order chi connectivity index (χ0) is 31.0. The van der Waals surface area contributed by atoms with Crippen LogP contribution in [-0.2, 0) is 59.7 Å². The van der Waals surface area contributed by atoms with E-state index in [-0.39, 0.29) is 26.4 Å². The van der Waals surface area contributed by atoms with E-state index in [1.165, 1.54) is 7.11 Å². The summed E-state index contributed by atoms with van der Waals surface area (Å²) in [5, 5.41) is 2.55. The van der Waals surface area contributed by atoms with Crippen molar-refractivity contribution in [2.45, 2.75) is 44.7 Å². The molecule has 9 heteroatoms. The van der Waals surface area contributed by atoms with Crippen molar-refractivity contribution in [1.29, 1.82) is 0 Å². The first-order chi connectivity index (χ1) is 21.5. The predicted octanol–water partition coefficient (Wildman–Crippen LogP) is 5.37. The van der Waals surface area contributed by atoms with Crippen LogP contribution in [0.2, 0.25) is 0 Å². The first-order valence-electron chi connectivity index (χ1n) is 14.1. The lowest BCUT2D eigenvalue weighted by atomic mass is 10.0. The molecule has 0 bridgehead atoms. The molecule has 1 amide bonds. The van der Waals surface area contributed by atoms with Crippen molar-refractivity contribution in [3.8, 4) is 0 Å². The third-order valence-electron chi connectivity index (χ3n) is 6.59. The van der Waals surface area contributed by atoms with E-state index in [1.54, 1.807) is 24.3 Å². The molecule has 0 unspecified atom stereocenters. The fourth-order valence-corrected chi connectivity index (χ4v) is 4.29. The number of methoxy groups -OCH3 is 1. The summed E-state index contributed by atoms with van der Waals surface area (Å²) in [6.07, 6.45) is -3.67. The Bertz CT molecular complexity index is 1440. The van der Waals surface area contributed by atoms with Crippen LogP contribution in [0, 0.1) is 0 Å². The predicted molar refractivity (Wildman–Crippen MR) is 162 cm³/mol. The highest BCUT2D eigenvalue weighted by atomic mass is 16.6. The molecule has 0 aliphatic rings. The second kappa shape index (κ2) is 17.2. The summed E-state index contributed by atoms with van der Waals surface area (Å²) in [6, 6.07) is 35.0. The van der Waals surface area contributed by atoms with E-state index in [1.807, 2.05) is 97.1 Å². The highest BCUT2D eigenvalue weighted by Gasteiger charge is 2.43. The molecule has 9 nitrogen and oxygen atoms in total. The number of rotatable bonds is 15. The molecule has 0 radical (unpaired) electrons. The molecule has 0 spiro atoms. The zero-order valence-electron chi connectivity index (χ0n) is 24.4. The van der Waals surface area contributed by atoms with Gasteiger partial charge in [0.2, 0.25) is 0 Å². The van der Waals surface area contributed by atoms with Gasteiger partial charge in [-0.1, -0.05) is 121 Å². The van der Waals surface area contributed by atoms with E-state index in [4.69, 9.17) is 23.7 Å². The number of ether oxygens (including phenoxy) is 5. The quantitative estimate of drug-likeness (QED) is 0.144. The van der Waals surface area contributed by atoms with E-state index < -0.39 is 36.3 Å². The Morgan fingerprint density at radius 1 is 0.545 bits per heavy atom. The van der Waals surface area contributed by atoms with E-state index in [9.17, 15) is 14.4 Å². The molecular formula is C35H35NO8. The number of benzene rings is 4. The molecule has 0 saturated heterocycles. The molecule has 0 heterocycles. The molecule has 4 rings (SSSR count). The summed E-state index contributed by atoms with van der Waals surface area (Å²) in [7, 11) is 1.30. The molecule has 0 saturated carbocycles. The average Bonchev–Trinajstić information content (AvgIpc) is 3.08. The molecule has 0 aliphatic heterocycles. The van der Waals surface area contributed by atoms with Gasteiger partial charge >= 0.3 is 18.0 Å². The van der Waals surface area contributed by atoms with Gasteiger partial charge in [-0.15, -0.1) is 0 Å². The summed E-state index contributed by atoms with van der Waals surface area (Å²) in [6.45, 7) is -0.139. The van der Waals surface area contributed by atoms with Crippen LogP contribution in [-0.4, -0.2) is 43.4 Å². The third-order valence-corrected chi connectivity index (χ3v) is 6.59. The van der Waals surface area contributed by atoms with Crippen molar-refractivity contribution < 1.29 is 38.1 Å². The molecule has 44 heavy (non-hydrogen) atoms. The molecule has 0 fully saturated rings. The lowest BCUT2D eigenvalue weighted by Crippen LogP contribution is -2.57. The maximum Gasteiger partial charge on any atom is 0.408 e. The van der Waals surface area contributed by atoms with Gasteiger partial charge in [0.05, 0.1) is 6.61 Å². The molecular weight excluding hydrogens is 562 g/mol. The monoisotopic (exact) mass is 597 g/mol. The van der Waals surface area contributed by atoms with E-state index in [2.05, 4.69) is 5.32 Å². The lowest BCUT2D eigenvalue weighted by Gasteiger charge is -2.31. The summed E-state index contributed by atoms with van der Waals surface area (Å²) in [5.74, 6) is -1.63. The van der Waals surface area contributed by atoms with Gasteiger partial charge in [0.1, 0.15) is 25.9 Å². The second-order valence-electron chi connectivity index (χ2n) is 9.79. The van der Waals surface area contributed by atoms with Gasteiger partial charge in [-0.25, -0.2) is 14.4 Å². The Morgan fingerprint density at radius 2 is 0.932 bits per heavy atom. The van der Waals surface area contributed by atoms with Gasteiger partial charge in [-0.2, -0.15) is 0 Å². The highest BCUT2D eigenvalue weighted by molar-refractivity contribution is 5.84. The number of hydrogen-bond donors (Lipinski definition) is 1. The fraction of sp³-hybridized carbons (Fsp3) is 0.229. The van der Waals surface area contributed by atoms with E-state index >= 15 is 0 Å². The van der Waals surface area contributed by atoms with Crippen LogP contribution in [0.3, 0.4) is 0 Å². The van der Waals surface area contributed by atoms with Gasteiger partial charge in [-0.3, -0.25) is 0 Å². The minimum atomic E-state index is -1.50. The fourth-order valence-electron chi connectivity index (χ4n) is 4.29. The molecule has 228 valence electrons. The second-order valence-corrected chi connectivity index (χ2v) is 9.79. The van der Waals surface area contributed by atoms with Gasteiger partial charge < -0.3 is 29.0 Å². The smallest absolute Gasteiger partial charge is 0.408 e. The minimum absolute atomic E-state index is 0.000536. The van der Waals surface area contributed by atoms with Crippen LogP contribution in [0.4, 0.5) is 4.79 Å². The zero-order valence-corrected chi connectivity index (χ0v) is 24.4. The van der Waals surface area contributed by atoms with Crippen LogP contribution in [0.15, 0.2) is 121 Å². The highest BCUT2D eigenvalue weighted by Crippen LogP contribution is 2.18. The Kier molecular flexibility index (Phi) is 12.5. The van der Waals surface area contributed by atoms with Crippen LogP contribution < -0.4 is 5.32 Å². The molecule has 4 aromatic carbocycles. The van der Waals surface area contributed by atoms with Crippen LogP contribution in [0.5, 0.6) is 0 Å². The molecule has 0 aliphatic carbocycles. The Balaban J connectivity index is 1.57. The van der Waals surface area contributed by atoms with Crippen LogP contribution in [0.1, 0.15) is 22.3 Å². The topological polar surface area (TPSA) is 109 Å². The number of amides is 1. The largest absolute Gasteiger partial charge is 0.459 e. The van der Waals surface area contributed by atoms with Crippen molar-refractivity contribution in [1.82, 2.24) is 5.32 Å². The first kappa shape index (κ1) is 31.9. The lowest BCUT2D eigenvalue weighted by molar-refractivity contribution is -0.174. The standard InChI is InChI=1S/C35H35NO8/c1-40-32(34(38)43-24-28-18-10-4-11-19-28)31(41-22-26-14-6-2-7-15-26)30(33(37)42-23-27-16-8-3-9-17-27)36-35(39)44-25-29-20-12-5-13-21-29/h2-21,30-32H,22-25H2,1H3,(H,36,39)/t30-,31-,32-/m0/s1. The number of hydrogen-bond acceptors (Lipinski definition) is 8. The number of esters is 2. The van der Waals surface area contributed by atoms with Crippen molar-refractivity contribution in [3.05, 3.63) is 144 Å². The van der Waals surface area contributed by atoms with Crippen LogP contribution >= 0.6 is 0 Å². The first-order valence-corrected chi connectivity index (χ1v) is 14.1. The van der Waals surface area contributed by atoms with Gasteiger partial charge in [0.25, 0.3) is 0 Å². The summed E-state index contributed by atoms with van der Waals surface area (Å²) < 4.78 is 28.2. The summed E-state index contributed by atoms with van der Waals surface area (Å²) in [5.41, 5.74) is 3.02. The number of alkyl carbamates (subject to hydrolysis) is 1. The number of nitrogens with one attached hydrogen (secondary N) is 1. The van der Waals surface area contributed by atoms with Crippen molar-refractivity contribution in [2.75, 3.05) is 7.11 Å². The molecule has 3 atom stereocenters. The van der Waals surface area contributed by atoms with Crippen molar-refractivity contribution >= 4 is 18.0 Å². The Labute approximate surface area is 256 Å². The summed E-state index contributed by atoms with van der Waals surface area (Å²) >= 11 is 0. The van der Waals surface area contributed by atoms with Gasteiger partial charge in [0, 0.05) is 7.11 Å². The minimum Gasteiger partial charge on any atom is -0.459 e. The summed E-state index contributed by atoms with van der Waals surface area (Å²) in [4.78, 5) is 40.0. The van der Waals surface area contributed by atoms with E-state index in [0.29, 0.717) is 0 Å². The van der Waals surface area contributed by atoms with Crippen LogP contribution in [0.25, 0.3) is 0 Å². The maximum atomic E-state index is 13.6. The molecule has 0 aromatic heterocycles. The SMILES string of the molecule is CO[C@H](C(=O)OCc1ccccc1)[C@@H](OCc1ccccc1)[C@H](NC(=O)OCc1ccccc1)C(=O)OCc1ccccc1. The van der Waals surface area contributed by atoms with Gasteiger partial charge in [0.15, 0.2) is 12.1 Å². The van der Waals surface area contributed by atoms with E-state index in [0.717, 1.165) is 22.3 Å². The van der Waals surface area contributed by atoms with Crippen molar-refractivity contribution in [3.63, 3.8) is 0 Å².